The van der Waals surface area contributed by atoms with Crippen LogP contribution in [0.2, 0.25) is 5.02 Å². The van der Waals surface area contributed by atoms with Crippen LogP contribution in [-0.2, 0) is 11.2 Å². The van der Waals surface area contributed by atoms with Crippen LogP contribution in [0, 0.1) is 0 Å². The molecular weight excluding hydrogens is 362 g/mol. The third-order valence-electron chi connectivity index (χ3n) is 4.46. The van der Waals surface area contributed by atoms with E-state index in [0.29, 0.717) is 5.69 Å². The molecule has 4 nitrogen and oxygen atoms in total. The number of ether oxygens (including phenoxy) is 1. The van der Waals surface area contributed by atoms with Crippen LogP contribution in [0.4, 0.5) is 14.5 Å². The molecule has 1 atom stereocenters. The van der Waals surface area contributed by atoms with Gasteiger partial charge in [0.2, 0.25) is 5.91 Å². The highest BCUT2D eigenvalue weighted by atomic mass is 35.5. The average Bonchev–Trinajstić information content (AvgIpc) is 3.01. The SMILES string of the molecule is CN(CC(=O)Nc1ccc(OC(F)F)c(Cl)c1)[C@H]1CCc2ccccc21. The molecule has 1 amide bonds. The summed E-state index contributed by atoms with van der Waals surface area (Å²) >= 11 is 5.90. The Labute approximate surface area is 155 Å². The van der Waals surface area contributed by atoms with E-state index in [-0.39, 0.29) is 29.3 Å². The summed E-state index contributed by atoms with van der Waals surface area (Å²) in [7, 11) is 1.92. The molecular formula is C19H19ClF2N2O2. The highest BCUT2D eigenvalue weighted by Crippen LogP contribution is 2.34. The standard InChI is InChI=1S/C19H19ClF2N2O2/c1-24(16-8-6-12-4-2-3-5-14(12)16)11-18(25)23-13-7-9-17(15(20)10-13)26-19(21)22/h2-5,7,9-10,16,19H,6,8,11H2,1H3,(H,23,25)/t16-/m0/s1. The second-order valence-electron chi connectivity index (χ2n) is 6.24. The Morgan fingerprint density at radius 3 is 2.85 bits per heavy atom. The molecule has 0 bridgehead atoms. The fourth-order valence-corrected chi connectivity index (χ4v) is 3.52. The Morgan fingerprint density at radius 1 is 1.35 bits per heavy atom. The summed E-state index contributed by atoms with van der Waals surface area (Å²) in [5.74, 6) is -0.324. The number of amides is 1. The number of halogens is 3. The van der Waals surface area contributed by atoms with Crippen molar-refractivity contribution in [3.05, 3.63) is 58.6 Å². The first-order chi connectivity index (χ1) is 12.4. The smallest absolute Gasteiger partial charge is 0.387 e. The third kappa shape index (κ3) is 4.31. The number of carbonyl (C=O) groups is 1. The van der Waals surface area contributed by atoms with Gasteiger partial charge in [0.15, 0.2) is 0 Å². The molecule has 7 heteroatoms. The summed E-state index contributed by atoms with van der Waals surface area (Å²) in [6.07, 6.45) is 1.99. The molecule has 0 saturated carbocycles. The zero-order chi connectivity index (χ0) is 18.7. The molecule has 0 aliphatic heterocycles. The summed E-state index contributed by atoms with van der Waals surface area (Å²) in [5.41, 5.74) is 3.02. The summed E-state index contributed by atoms with van der Waals surface area (Å²) in [6.45, 7) is -2.73. The summed E-state index contributed by atoms with van der Waals surface area (Å²) in [5, 5.41) is 2.75. The highest BCUT2D eigenvalue weighted by Gasteiger charge is 2.26. The van der Waals surface area contributed by atoms with Crippen molar-refractivity contribution in [1.82, 2.24) is 4.90 Å². The van der Waals surface area contributed by atoms with Gasteiger partial charge in [0.1, 0.15) is 5.75 Å². The summed E-state index contributed by atoms with van der Waals surface area (Å²) < 4.78 is 28.8. The first-order valence-corrected chi connectivity index (χ1v) is 8.64. The van der Waals surface area contributed by atoms with Crippen molar-refractivity contribution < 1.29 is 18.3 Å². The van der Waals surface area contributed by atoms with Gasteiger partial charge in [0, 0.05) is 11.7 Å². The first kappa shape index (κ1) is 18.6. The predicted octanol–water partition coefficient (Wildman–Crippen LogP) is 4.50. The Morgan fingerprint density at radius 2 is 2.12 bits per heavy atom. The van der Waals surface area contributed by atoms with E-state index in [0.717, 1.165) is 12.8 Å². The van der Waals surface area contributed by atoms with Crippen molar-refractivity contribution >= 4 is 23.2 Å². The lowest BCUT2D eigenvalue weighted by Crippen LogP contribution is -2.32. The fraction of sp³-hybridized carbons (Fsp3) is 0.316. The summed E-state index contributed by atoms with van der Waals surface area (Å²) in [6, 6.07) is 12.6. The van der Waals surface area contributed by atoms with Gasteiger partial charge >= 0.3 is 6.61 Å². The van der Waals surface area contributed by atoms with Crippen LogP contribution in [0.15, 0.2) is 42.5 Å². The lowest BCUT2D eigenvalue weighted by molar-refractivity contribution is -0.117. The van der Waals surface area contributed by atoms with Gasteiger partial charge in [-0.15, -0.1) is 0 Å². The van der Waals surface area contributed by atoms with Crippen LogP contribution in [0.5, 0.6) is 5.75 Å². The van der Waals surface area contributed by atoms with Crippen LogP contribution in [0.3, 0.4) is 0 Å². The Hall–Kier alpha value is -2.18. The van der Waals surface area contributed by atoms with Gasteiger partial charge in [-0.25, -0.2) is 0 Å². The van der Waals surface area contributed by atoms with Gasteiger partial charge in [0.25, 0.3) is 0 Å². The van der Waals surface area contributed by atoms with Gasteiger partial charge in [0.05, 0.1) is 11.6 Å². The molecule has 2 aromatic carbocycles. The molecule has 0 radical (unpaired) electrons. The molecule has 0 heterocycles. The number of carbonyl (C=O) groups excluding carboxylic acids is 1. The molecule has 138 valence electrons. The van der Waals surface area contributed by atoms with Gasteiger partial charge in [-0.1, -0.05) is 35.9 Å². The molecule has 0 fully saturated rings. The van der Waals surface area contributed by atoms with Crippen LogP contribution in [-0.4, -0.2) is 31.0 Å². The van der Waals surface area contributed by atoms with Crippen LogP contribution >= 0.6 is 11.6 Å². The lowest BCUT2D eigenvalue weighted by atomic mass is 10.1. The number of anilines is 1. The molecule has 1 N–H and O–H groups in total. The number of benzene rings is 2. The molecule has 0 spiro atoms. The minimum absolute atomic E-state index is 0.0150. The van der Waals surface area contributed by atoms with E-state index in [2.05, 4.69) is 22.2 Å². The lowest BCUT2D eigenvalue weighted by Gasteiger charge is -2.24. The Kier molecular flexibility index (Phi) is 5.74. The molecule has 26 heavy (non-hydrogen) atoms. The van der Waals surface area contributed by atoms with E-state index in [1.807, 2.05) is 24.1 Å². The zero-order valence-corrected chi connectivity index (χ0v) is 15.0. The number of likely N-dealkylation sites (N-methyl/N-ethyl adjacent to an activating group) is 1. The maximum atomic E-state index is 12.3. The second kappa shape index (κ2) is 8.01. The predicted molar refractivity (Wildman–Crippen MR) is 96.8 cm³/mol. The van der Waals surface area contributed by atoms with E-state index >= 15 is 0 Å². The number of alkyl halides is 2. The minimum atomic E-state index is -2.95. The molecule has 0 aromatic heterocycles. The Bertz CT molecular complexity index is 801. The Balaban J connectivity index is 1.60. The van der Waals surface area contributed by atoms with Gasteiger partial charge in [-0.2, -0.15) is 8.78 Å². The van der Waals surface area contributed by atoms with Gasteiger partial charge < -0.3 is 10.1 Å². The molecule has 2 aromatic rings. The van der Waals surface area contributed by atoms with Gasteiger partial charge in [-0.05, 0) is 49.2 Å². The number of fused-ring (bicyclic) bond motifs is 1. The van der Waals surface area contributed by atoms with E-state index < -0.39 is 6.61 Å². The minimum Gasteiger partial charge on any atom is -0.433 e. The van der Waals surface area contributed by atoms with Crippen molar-refractivity contribution in [3.8, 4) is 5.75 Å². The number of aryl methyl sites for hydroxylation is 1. The molecule has 0 saturated heterocycles. The average molecular weight is 381 g/mol. The number of hydrogen-bond donors (Lipinski definition) is 1. The number of nitrogens with one attached hydrogen (secondary N) is 1. The topological polar surface area (TPSA) is 41.6 Å². The molecule has 1 aliphatic rings. The number of rotatable bonds is 6. The van der Waals surface area contributed by atoms with Crippen LogP contribution in [0.25, 0.3) is 0 Å². The van der Waals surface area contributed by atoms with E-state index in [9.17, 15) is 13.6 Å². The summed E-state index contributed by atoms with van der Waals surface area (Å²) in [4.78, 5) is 14.3. The van der Waals surface area contributed by atoms with Crippen molar-refractivity contribution in [3.63, 3.8) is 0 Å². The fourth-order valence-electron chi connectivity index (χ4n) is 3.30. The van der Waals surface area contributed by atoms with E-state index in [1.165, 1.54) is 29.3 Å². The van der Waals surface area contributed by atoms with Crippen molar-refractivity contribution in [2.45, 2.75) is 25.5 Å². The van der Waals surface area contributed by atoms with Crippen LogP contribution in [0.1, 0.15) is 23.6 Å². The highest BCUT2D eigenvalue weighted by molar-refractivity contribution is 6.32. The largest absolute Gasteiger partial charge is 0.433 e. The van der Waals surface area contributed by atoms with E-state index in [1.54, 1.807) is 0 Å². The number of nitrogens with zero attached hydrogens (tertiary/aromatic N) is 1. The zero-order valence-electron chi connectivity index (χ0n) is 14.2. The van der Waals surface area contributed by atoms with Crippen molar-refractivity contribution in [2.24, 2.45) is 0 Å². The van der Waals surface area contributed by atoms with Crippen molar-refractivity contribution in [2.75, 3.05) is 18.9 Å². The van der Waals surface area contributed by atoms with E-state index in [4.69, 9.17) is 11.6 Å². The molecule has 1 aliphatic carbocycles. The first-order valence-electron chi connectivity index (χ1n) is 8.26. The second-order valence-corrected chi connectivity index (χ2v) is 6.65. The number of hydrogen-bond acceptors (Lipinski definition) is 3. The molecule has 0 unspecified atom stereocenters. The maximum absolute atomic E-state index is 12.3. The maximum Gasteiger partial charge on any atom is 0.387 e. The van der Waals surface area contributed by atoms with Crippen LogP contribution < -0.4 is 10.1 Å². The van der Waals surface area contributed by atoms with Gasteiger partial charge in [-0.3, -0.25) is 9.69 Å². The third-order valence-corrected chi connectivity index (χ3v) is 4.75. The normalized spacial score (nSPS) is 16.0. The quantitative estimate of drug-likeness (QED) is 0.802. The monoisotopic (exact) mass is 380 g/mol. The molecule has 3 rings (SSSR count). The van der Waals surface area contributed by atoms with Crippen molar-refractivity contribution in [1.29, 1.82) is 0 Å².